The zero-order chi connectivity index (χ0) is 14.8. The van der Waals surface area contributed by atoms with Crippen LogP contribution in [0.15, 0.2) is 63.3 Å². The van der Waals surface area contributed by atoms with Crippen LogP contribution in [-0.2, 0) is 9.84 Å². The fourth-order valence-electron chi connectivity index (χ4n) is 1.53. The van der Waals surface area contributed by atoms with Gasteiger partial charge in [-0.05, 0) is 36.4 Å². The van der Waals surface area contributed by atoms with Crippen molar-refractivity contribution in [1.82, 2.24) is 0 Å². The molecule has 2 aromatic carbocycles. The number of hydrogen-bond acceptors (Lipinski definition) is 3. The summed E-state index contributed by atoms with van der Waals surface area (Å²) < 4.78 is 25.1. The largest absolute Gasteiger partial charge is 0.507 e. The Kier molecular flexibility index (Phi) is 4.52. The number of benzene rings is 2. The molecule has 0 saturated heterocycles. The minimum atomic E-state index is -3.72. The van der Waals surface area contributed by atoms with E-state index in [1.807, 2.05) is 0 Å². The van der Waals surface area contributed by atoms with Gasteiger partial charge in [0.05, 0.1) is 10.3 Å². The summed E-state index contributed by atoms with van der Waals surface area (Å²) in [5.74, 6) is -0.313. The Morgan fingerprint density at radius 2 is 1.60 bits per heavy atom. The maximum atomic E-state index is 12.1. The Hall–Kier alpha value is -1.30. The van der Waals surface area contributed by atoms with Gasteiger partial charge in [0.2, 0.25) is 9.84 Å². The second kappa shape index (κ2) is 5.99. The van der Waals surface area contributed by atoms with Gasteiger partial charge in [-0.1, -0.05) is 39.7 Å². The molecule has 0 radical (unpaired) electrons. The average molecular weight is 374 g/mol. The first-order chi connectivity index (χ1) is 9.38. The van der Waals surface area contributed by atoms with E-state index in [4.69, 9.17) is 11.6 Å². The van der Waals surface area contributed by atoms with Gasteiger partial charge < -0.3 is 5.11 Å². The van der Waals surface area contributed by atoms with Crippen molar-refractivity contribution in [2.45, 2.75) is 4.90 Å². The first-order valence-electron chi connectivity index (χ1n) is 5.56. The molecule has 2 rings (SSSR count). The molecule has 0 saturated carbocycles. The molecule has 0 atom stereocenters. The molecule has 0 aliphatic heterocycles. The van der Waals surface area contributed by atoms with Crippen molar-refractivity contribution in [2.24, 2.45) is 0 Å². The van der Waals surface area contributed by atoms with Crippen molar-refractivity contribution < 1.29 is 13.5 Å². The molecule has 3 nitrogen and oxygen atoms in total. The SMILES string of the molecule is O=S(=O)(/C=C(\O)c1ccc(Br)cc1)c1ccc(Cl)cc1. The van der Waals surface area contributed by atoms with Crippen LogP contribution in [0.1, 0.15) is 5.56 Å². The zero-order valence-electron chi connectivity index (χ0n) is 10.1. The Morgan fingerprint density at radius 3 is 2.15 bits per heavy atom. The average Bonchev–Trinajstić information content (AvgIpc) is 2.39. The van der Waals surface area contributed by atoms with Crippen LogP contribution in [0, 0.1) is 0 Å². The highest BCUT2D eigenvalue weighted by molar-refractivity contribution is 9.10. The van der Waals surface area contributed by atoms with Crippen molar-refractivity contribution in [3.05, 3.63) is 69.0 Å². The van der Waals surface area contributed by atoms with E-state index in [2.05, 4.69) is 15.9 Å². The van der Waals surface area contributed by atoms with Crippen LogP contribution in [0.25, 0.3) is 5.76 Å². The monoisotopic (exact) mass is 372 g/mol. The van der Waals surface area contributed by atoms with Gasteiger partial charge in [0, 0.05) is 15.1 Å². The Bertz CT molecular complexity index is 735. The third kappa shape index (κ3) is 3.62. The van der Waals surface area contributed by atoms with Gasteiger partial charge in [0.1, 0.15) is 5.76 Å². The lowest BCUT2D eigenvalue weighted by Crippen LogP contribution is -1.98. The van der Waals surface area contributed by atoms with Gasteiger partial charge in [0.25, 0.3) is 0 Å². The Morgan fingerprint density at radius 1 is 1.05 bits per heavy atom. The molecule has 20 heavy (non-hydrogen) atoms. The minimum Gasteiger partial charge on any atom is -0.507 e. The third-order valence-electron chi connectivity index (χ3n) is 2.55. The maximum Gasteiger partial charge on any atom is 0.203 e. The van der Waals surface area contributed by atoms with E-state index in [1.165, 1.54) is 24.3 Å². The molecular weight excluding hydrogens is 364 g/mol. The lowest BCUT2D eigenvalue weighted by atomic mass is 10.2. The molecule has 6 heteroatoms. The van der Waals surface area contributed by atoms with Crippen LogP contribution in [0.2, 0.25) is 5.02 Å². The highest BCUT2D eigenvalue weighted by atomic mass is 79.9. The molecular formula is C14H10BrClO3S. The second-order valence-electron chi connectivity index (χ2n) is 4.01. The normalized spacial score (nSPS) is 12.4. The van der Waals surface area contributed by atoms with Crippen LogP contribution < -0.4 is 0 Å². The smallest absolute Gasteiger partial charge is 0.203 e. The van der Waals surface area contributed by atoms with Crippen molar-refractivity contribution >= 4 is 43.1 Å². The van der Waals surface area contributed by atoms with E-state index in [1.54, 1.807) is 24.3 Å². The second-order valence-corrected chi connectivity index (χ2v) is 7.16. The molecule has 0 unspecified atom stereocenters. The standard InChI is InChI=1S/C14H10BrClO3S/c15-11-3-1-10(2-4-11)14(17)9-20(18,19)13-7-5-12(16)6-8-13/h1-9,17H/b14-9-. The highest BCUT2D eigenvalue weighted by Crippen LogP contribution is 2.21. The van der Waals surface area contributed by atoms with Gasteiger partial charge in [-0.15, -0.1) is 0 Å². The predicted molar refractivity (Wildman–Crippen MR) is 83.4 cm³/mol. The molecule has 0 amide bonds. The summed E-state index contributed by atoms with van der Waals surface area (Å²) in [6, 6.07) is 12.4. The molecule has 104 valence electrons. The minimum absolute atomic E-state index is 0.0746. The Labute approximate surface area is 130 Å². The first-order valence-corrected chi connectivity index (χ1v) is 8.27. The van der Waals surface area contributed by atoms with Crippen molar-refractivity contribution in [3.63, 3.8) is 0 Å². The molecule has 0 aliphatic rings. The van der Waals surface area contributed by atoms with Crippen molar-refractivity contribution in [3.8, 4) is 0 Å². The first kappa shape index (κ1) is 15.1. The van der Waals surface area contributed by atoms with Gasteiger partial charge in [-0.2, -0.15) is 0 Å². The number of aliphatic hydroxyl groups is 1. The highest BCUT2D eigenvalue weighted by Gasteiger charge is 2.13. The van der Waals surface area contributed by atoms with Crippen LogP contribution in [0.4, 0.5) is 0 Å². The predicted octanol–water partition coefficient (Wildman–Crippen LogP) is 4.43. The molecule has 0 spiro atoms. The van der Waals surface area contributed by atoms with E-state index in [0.717, 1.165) is 9.88 Å². The molecule has 1 N–H and O–H groups in total. The van der Waals surface area contributed by atoms with E-state index in [-0.39, 0.29) is 10.7 Å². The number of aliphatic hydroxyl groups excluding tert-OH is 1. The molecule has 0 aliphatic carbocycles. The van der Waals surface area contributed by atoms with Crippen molar-refractivity contribution in [2.75, 3.05) is 0 Å². The van der Waals surface area contributed by atoms with E-state index < -0.39 is 9.84 Å². The summed E-state index contributed by atoms with van der Waals surface area (Å²) >= 11 is 8.98. The van der Waals surface area contributed by atoms with Crippen LogP contribution in [-0.4, -0.2) is 13.5 Å². The quantitative estimate of drug-likeness (QED) is 0.810. The summed E-state index contributed by atoms with van der Waals surface area (Å²) in [7, 11) is -3.72. The summed E-state index contributed by atoms with van der Waals surface area (Å²) in [6.45, 7) is 0. The lowest BCUT2D eigenvalue weighted by Gasteiger charge is -2.03. The molecule has 0 fully saturated rings. The summed E-state index contributed by atoms with van der Waals surface area (Å²) in [4.78, 5) is 0.0746. The van der Waals surface area contributed by atoms with Crippen molar-refractivity contribution in [1.29, 1.82) is 0 Å². The zero-order valence-corrected chi connectivity index (χ0v) is 13.3. The van der Waals surface area contributed by atoms with E-state index in [9.17, 15) is 13.5 Å². The van der Waals surface area contributed by atoms with Gasteiger partial charge in [-0.25, -0.2) is 8.42 Å². The lowest BCUT2D eigenvalue weighted by molar-refractivity contribution is 0.512. The number of rotatable bonds is 3. The van der Waals surface area contributed by atoms with Gasteiger partial charge in [0.15, 0.2) is 0 Å². The van der Waals surface area contributed by atoms with E-state index in [0.29, 0.717) is 10.6 Å². The topological polar surface area (TPSA) is 54.4 Å². The Balaban J connectivity index is 2.37. The van der Waals surface area contributed by atoms with Crippen LogP contribution in [0.5, 0.6) is 0 Å². The van der Waals surface area contributed by atoms with Crippen LogP contribution >= 0.6 is 27.5 Å². The fraction of sp³-hybridized carbons (Fsp3) is 0. The molecule has 0 aromatic heterocycles. The number of sulfone groups is 1. The van der Waals surface area contributed by atoms with Gasteiger partial charge in [-0.3, -0.25) is 0 Å². The molecule has 2 aromatic rings. The summed E-state index contributed by atoms with van der Waals surface area (Å²) in [5, 5.41) is 11.2. The number of halogens is 2. The van der Waals surface area contributed by atoms with Gasteiger partial charge >= 0.3 is 0 Å². The van der Waals surface area contributed by atoms with E-state index >= 15 is 0 Å². The molecule has 0 bridgehead atoms. The summed E-state index contributed by atoms with van der Waals surface area (Å²) in [5.41, 5.74) is 0.422. The summed E-state index contributed by atoms with van der Waals surface area (Å²) in [6.07, 6.45) is 0. The maximum absolute atomic E-state index is 12.1. The number of hydrogen-bond donors (Lipinski definition) is 1. The fourth-order valence-corrected chi connectivity index (χ4v) is 3.00. The molecule has 0 heterocycles. The third-order valence-corrected chi connectivity index (χ3v) is 4.79. The van der Waals surface area contributed by atoms with Crippen LogP contribution in [0.3, 0.4) is 0 Å².